The van der Waals surface area contributed by atoms with Gasteiger partial charge in [-0.1, -0.05) is 0 Å². The molecule has 7 heteroatoms. The largest absolute Gasteiger partial charge is 0.481 e. The third-order valence-corrected chi connectivity index (χ3v) is 3.65. The Bertz CT molecular complexity index is 623. The molecule has 1 unspecified atom stereocenters. The van der Waals surface area contributed by atoms with Crippen LogP contribution in [0.15, 0.2) is 18.2 Å². The summed E-state index contributed by atoms with van der Waals surface area (Å²) in [5.41, 5.74) is -0.531. The second-order valence-corrected chi connectivity index (χ2v) is 5.11. The van der Waals surface area contributed by atoms with Crippen molar-refractivity contribution in [3.63, 3.8) is 0 Å². The van der Waals surface area contributed by atoms with Crippen molar-refractivity contribution in [2.24, 2.45) is 5.41 Å². The molecule has 1 saturated heterocycles. The maximum absolute atomic E-state index is 11.2. The first kappa shape index (κ1) is 13.8. The lowest BCUT2D eigenvalue weighted by molar-refractivity contribution is -0.385. The minimum Gasteiger partial charge on any atom is -0.481 e. The number of carboxylic acid groups (broad SMARTS) is 1. The number of hydrogen-bond donors (Lipinski definition) is 1. The summed E-state index contributed by atoms with van der Waals surface area (Å²) in [7, 11) is 0. The number of hydrogen-bond acceptors (Lipinski definition) is 5. The van der Waals surface area contributed by atoms with Gasteiger partial charge in [0.1, 0.15) is 11.6 Å². The number of nitrogens with zero attached hydrogens (tertiary/aromatic N) is 3. The van der Waals surface area contributed by atoms with Gasteiger partial charge in [0, 0.05) is 24.8 Å². The summed E-state index contributed by atoms with van der Waals surface area (Å²) in [4.78, 5) is 23.3. The van der Waals surface area contributed by atoms with Crippen molar-refractivity contribution in [3.8, 4) is 6.07 Å². The highest BCUT2D eigenvalue weighted by molar-refractivity contribution is 5.76. The summed E-state index contributed by atoms with van der Waals surface area (Å²) in [6.07, 6.45) is 0.482. The summed E-state index contributed by atoms with van der Waals surface area (Å²) in [6.45, 7) is 2.48. The monoisotopic (exact) mass is 275 g/mol. The van der Waals surface area contributed by atoms with E-state index in [0.29, 0.717) is 25.2 Å². The molecule has 0 spiro atoms. The van der Waals surface area contributed by atoms with Crippen molar-refractivity contribution in [1.82, 2.24) is 0 Å². The van der Waals surface area contributed by atoms with Gasteiger partial charge in [0.05, 0.1) is 10.3 Å². The summed E-state index contributed by atoms with van der Waals surface area (Å²) in [6, 6.07) is 6.10. The van der Waals surface area contributed by atoms with E-state index in [2.05, 4.69) is 0 Å². The Morgan fingerprint density at radius 1 is 1.60 bits per heavy atom. The molecule has 0 aromatic heterocycles. The molecule has 0 amide bonds. The Morgan fingerprint density at radius 3 is 2.80 bits per heavy atom. The van der Waals surface area contributed by atoms with Gasteiger partial charge in [-0.15, -0.1) is 0 Å². The van der Waals surface area contributed by atoms with Gasteiger partial charge in [0.15, 0.2) is 0 Å². The first-order valence-corrected chi connectivity index (χ1v) is 6.04. The lowest BCUT2D eigenvalue weighted by atomic mass is 9.90. The molecule has 104 valence electrons. The molecule has 1 N–H and O–H groups in total. The predicted octanol–water partition coefficient (Wildman–Crippen LogP) is 1.77. The first-order valence-electron chi connectivity index (χ1n) is 6.04. The van der Waals surface area contributed by atoms with E-state index in [1.54, 1.807) is 24.0 Å². The minimum atomic E-state index is -0.872. The highest BCUT2D eigenvalue weighted by atomic mass is 16.6. The van der Waals surface area contributed by atoms with Crippen LogP contribution >= 0.6 is 0 Å². The smallest absolute Gasteiger partial charge is 0.311 e. The lowest BCUT2D eigenvalue weighted by Gasteiger charge is -2.21. The van der Waals surface area contributed by atoms with Gasteiger partial charge in [-0.05, 0) is 25.5 Å². The SMILES string of the molecule is CC1(C(=O)O)CCN(c2ccc(C#N)c([N+](=O)[O-])c2)C1. The summed E-state index contributed by atoms with van der Waals surface area (Å²) in [5.74, 6) is -0.872. The van der Waals surface area contributed by atoms with Crippen LogP contribution in [0.25, 0.3) is 0 Å². The zero-order valence-electron chi connectivity index (χ0n) is 10.9. The number of carboxylic acids is 1. The number of anilines is 1. The molecule has 2 rings (SSSR count). The number of benzene rings is 1. The van der Waals surface area contributed by atoms with Gasteiger partial charge < -0.3 is 10.0 Å². The van der Waals surface area contributed by atoms with E-state index in [4.69, 9.17) is 5.26 Å². The van der Waals surface area contributed by atoms with Crippen molar-refractivity contribution in [2.75, 3.05) is 18.0 Å². The van der Waals surface area contributed by atoms with Crippen molar-refractivity contribution < 1.29 is 14.8 Å². The van der Waals surface area contributed by atoms with E-state index in [0.717, 1.165) is 0 Å². The van der Waals surface area contributed by atoms with Gasteiger partial charge in [-0.25, -0.2) is 0 Å². The molecule has 1 aromatic carbocycles. The first-order chi connectivity index (χ1) is 9.37. The highest BCUT2D eigenvalue weighted by Crippen LogP contribution is 2.35. The molecule has 20 heavy (non-hydrogen) atoms. The van der Waals surface area contributed by atoms with Crippen LogP contribution in [0.1, 0.15) is 18.9 Å². The second kappa shape index (κ2) is 4.81. The second-order valence-electron chi connectivity index (χ2n) is 5.11. The van der Waals surface area contributed by atoms with Crippen LogP contribution in [0.5, 0.6) is 0 Å². The lowest BCUT2D eigenvalue weighted by Crippen LogP contribution is -2.31. The fraction of sp³-hybridized carbons (Fsp3) is 0.385. The van der Waals surface area contributed by atoms with E-state index < -0.39 is 16.3 Å². The van der Waals surface area contributed by atoms with Gasteiger partial charge in [-0.3, -0.25) is 14.9 Å². The maximum atomic E-state index is 11.2. The minimum absolute atomic E-state index is 0.000978. The fourth-order valence-electron chi connectivity index (χ4n) is 2.32. The van der Waals surface area contributed by atoms with Crippen molar-refractivity contribution in [1.29, 1.82) is 5.26 Å². The molecule has 1 heterocycles. The van der Waals surface area contributed by atoms with Crippen LogP contribution in [-0.2, 0) is 4.79 Å². The Kier molecular flexibility index (Phi) is 3.32. The molecule has 1 fully saturated rings. The Hall–Kier alpha value is -2.62. The van der Waals surface area contributed by atoms with E-state index >= 15 is 0 Å². The molecule has 0 bridgehead atoms. The third kappa shape index (κ3) is 2.28. The molecule has 7 nitrogen and oxygen atoms in total. The molecule has 0 aliphatic carbocycles. The number of carbonyl (C=O) groups is 1. The number of rotatable bonds is 3. The molecule has 1 aliphatic rings. The van der Waals surface area contributed by atoms with Crippen LogP contribution in [0, 0.1) is 26.9 Å². The van der Waals surface area contributed by atoms with E-state index in [-0.39, 0.29) is 11.3 Å². The summed E-state index contributed by atoms with van der Waals surface area (Å²) >= 11 is 0. The number of nitro benzene ring substituents is 1. The van der Waals surface area contributed by atoms with E-state index in [9.17, 15) is 20.0 Å². The molecule has 0 saturated carbocycles. The zero-order valence-corrected chi connectivity index (χ0v) is 10.9. The number of nitro groups is 1. The van der Waals surface area contributed by atoms with Gasteiger partial charge in [-0.2, -0.15) is 5.26 Å². The quantitative estimate of drug-likeness (QED) is 0.665. The molecule has 1 aromatic rings. The van der Waals surface area contributed by atoms with E-state index in [1.807, 2.05) is 0 Å². The van der Waals surface area contributed by atoms with Crippen molar-refractivity contribution in [3.05, 3.63) is 33.9 Å². The number of nitriles is 1. The highest BCUT2D eigenvalue weighted by Gasteiger charge is 2.40. The summed E-state index contributed by atoms with van der Waals surface area (Å²) < 4.78 is 0. The predicted molar refractivity (Wildman–Crippen MR) is 70.4 cm³/mol. The standard InChI is InChI=1S/C13H13N3O4/c1-13(12(17)18)4-5-15(8-13)10-3-2-9(7-14)11(6-10)16(19)20/h2-3,6H,4-5,8H2,1H3,(H,17,18). The third-order valence-electron chi connectivity index (χ3n) is 3.65. The molecular weight excluding hydrogens is 262 g/mol. The normalized spacial score (nSPS) is 21.5. The van der Waals surface area contributed by atoms with Gasteiger partial charge in [0.25, 0.3) is 5.69 Å². The maximum Gasteiger partial charge on any atom is 0.311 e. The fourth-order valence-corrected chi connectivity index (χ4v) is 2.32. The Labute approximate surface area is 115 Å². The zero-order chi connectivity index (χ0) is 14.9. The van der Waals surface area contributed by atoms with E-state index in [1.165, 1.54) is 12.1 Å². The average Bonchev–Trinajstić information content (AvgIpc) is 2.82. The molecular formula is C13H13N3O4. The number of aliphatic carboxylic acids is 1. The van der Waals surface area contributed by atoms with Crippen molar-refractivity contribution >= 4 is 17.3 Å². The van der Waals surface area contributed by atoms with Crippen molar-refractivity contribution in [2.45, 2.75) is 13.3 Å². The summed E-state index contributed by atoms with van der Waals surface area (Å²) in [5, 5.41) is 28.9. The Morgan fingerprint density at radius 2 is 2.30 bits per heavy atom. The molecule has 1 aliphatic heterocycles. The van der Waals surface area contributed by atoms with Crippen LogP contribution in [0.2, 0.25) is 0 Å². The van der Waals surface area contributed by atoms with Gasteiger partial charge >= 0.3 is 5.97 Å². The van der Waals surface area contributed by atoms with Crippen LogP contribution in [-0.4, -0.2) is 29.1 Å². The molecule has 1 atom stereocenters. The molecule has 0 radical (unpaired) electrons. The van der Waals surface area contributed by atoms with Crippen LogP contribution in [0.4, 0.5) is 11.4 Å². The average molecular weight is 275 g/mol. The Balaban J connectivity index is 2.32. The van der Waals surface area contributed by atoms with Crippen LogP contribution in [0.3, 0.4) is 0 Å². The van der Waals surface area contributed by atoms with Crippen LogP contribution < -0.4 is 4.90 Å². The van der Waals surface area contributed by atoms with Gasteiger partial charge in [0.2, 0.25) is 0 Å². The topological polar surface area (TPSA) is 107 Å².